The van der Waals surface area contributed by atoms with Gasteiger partial charge in [-0.15, -0.1) is 0 Å². The molecule has 8 N–H and O–H groups in total. The van der Waals surface area contributed by atoms with Crippen LogP contribution in [0.3, 0.4) is 0 Å². The minimum atomic E-state index is -1.72. The second-order valence-electron chi connectivity index (χ2n) is 18.6. The molecule has 0 radical (unpaired) electrons. The Morgan fingerprint density at radius 3 is 2.30 bits per heavy atom. The van der Waals surface area contributed by atoms with Crippen LogP contribution in [0.5, 0.6) is 0 Å². The molecule has 0 aromatic heterocycles. The zero-order valence-corrected chi connectivity index (χ0v) is 31.6. The molecule has 7 aliphatic rings. The van der Waals surface area contributed by atoms with Crippen LogP contribution in [-0.4, -0.2) is 128 Å². The van der Waals surface area contributed by atoms with Gasteiger partial charge in [0.1, 0.15) is 42.7 Å². The fourth-order valence-electron chi connectivity index (χ4n) is 13.0. The predicted octanol–water partition coefficient (Wildman–Crippen LogP) is 2.02. The van der Waals surface area contributed by atoms with Crippen LogP contribution in [0.1, 0.15) is 91.9 Å². The van der Waals surface area contributed by atoms with Gasteiger partial charge in [0.2, 0.25) is 0 Å². The molecule has 0 spiro atoms. The topological polar surface area (TPSA) is 216 Å². The molecule has 2 saturated heterocycles. The largest absolute Gasteiger partial charge is 0.481 e. The normalized spacial score (nSPS) is 54.1. The number of aliphatic carboxylic acids is 1. The first kappa shape index (κ1) is 39.7. The van der Waals surface area contributed by atoms with E-state index in [2.05, 4.69) is 40.3 Å². The number of aliphatic hydroxyl groups is 7. The zero-order chi connectivity index (χ0) is 38.5. The van der Waals surface area contributed by atoms with Crippen LogP contribution in [0.2, 0.25) is 0 Å². The number of ether oxygens (including phenoxy) is 4. The summed E-state index contributed by atoms with van der Waals surface area (Å²) in [7, 11) is 0. The van der Waals surface area contributed by atoms with Crippen molar-refractivity contribution in [3.63, 3.8) is 0 Å². The van der Waals surface area contributed by atoms with E-state index in [-0.39, 0.29) is 41.3 Å². The Hall–Kier alpha value is -1.49. The summed E-state index contributed by atoms with van der Waals surface area (Å²) in [5.41, 5.74) is 0.616. The molecule has 2 aliphatic heterocycles. The highest BCUT2D eigenvalue weighted by Crippen LogP contribution is 2.75. The number of fused-ring (bicyclic) bond motifs is 7. The molecule has 5 aliphatic carbocycles. The predicted molar refractivity (Wildman–Crippen MR) is 189 cm³/mol. The highest BCUT2D eigenvalue weighted by atomic mass is 16.7. The molecular formula is C40H62O13. The van der Waals surface area contributed by atoms with Gasteiger partial charge in [0.05, 0.1) is 31.3 Å². The van der Waals surface area contributed by atoms with E-state index in [4.69, 9.17) is 18.9 Å². The van der Waals surface area contributed by atoms with Crippen molar-refractivity contribution < 1.29 is 64.6 Å². The molecule has 0 bridgehead atoms. The van der Waals surface area contributed by atoms with E-state index < -0.39 is 84.8 Å². The Labute approximate surface area is 312 Å². The van der Waals surface area contributed by atoms with Gasteiger partial charge in [-0.25, -0.2) is 0 Å². The van der Waals surface area contributed by atoms with Gasteiger partial charge in [-0.05, 0) is 92.3 Å². The number of hydrogen-bond acceptors (Lipinski definition) is 12. The lowest BCUT2D eigenvalue weighted by Gasteiger charge is -2.71. The van der Waals surface area contributed by atoms with Crippen molar-refractivity contribution in [1.29, 1.82) is 0 Å². The van der Waals surface area contributed by atoms with E-state index >= 15 is 0 Å². The molecule has 4 saturated carbocycles. The summed E-state index contributed by atoms with van der Waals surface area (Å²) in [5, 5.41) is 84.6. The van der Waals surface area contributed by atoms with Gasteiger partial charge >= 0.3 is 5.97 Å². The SMILES string of the molecule is C=C1CC[C@]2(C(=O)O)CC[C@]3(C)C(=CC[C@@H]4[C@@]5(C)CC[C@@H](O[C@H]6OC[C@@H](O)[C@H](O[C@H]7O[C@H](CO)[C@@H](O)[C@H](O)[C@H]7O)[C@@H]6O)[C@@](C)(CO)[C@H]5CC[C@@]43C)[C@H]2C1. The molecule has 0 aromatic carbocycles. The van der Waals surface area contributed by atoms with Crippen molar-refractivity contribution in [2.75, 3.05) is 19.8 Å². The minimum Gasteiger partial charge on any atom is -0.481 e. The number of rotatable bonds is 7. The molecule has 7 rings (SSSR count). The van der Waals surface area contributed by atoms with Crippen LogP contribution in [0.4, 0.5) is 0 Å². The standard InChI is InChI=1S/C40H62O13/c1-20-8-13-40(35(48)49)15-14-38(4)21(22(40)16-20)6-7-26-36(2)11-10-27(37(3,19-42)25(36)9-12-39(26,38)5)52-33-31(47)32(23(43)18-50-33)53-34-30(46)29(45)28(44)24(17-41)51-34/h6,22-34,41-47H,1,7-19H2,2-5H3,(H,48,49)/t22-,23-,24-,25+,26-,27-,28-,29+,30-,31+,32+,33-,34-,36+,37+,38-,39+,40+/m1/s1. The molecule has 2 heterocycles. The molecular weight excluding hydrogens is 688 g/mol. The third-order valence-corrected chi connectivity index (χ3v) is 16.4. The average Bonchev–Trinajstić information content (AvgIpc) is 3.12. The van der Waals surface area contributed by atoms with Gasteiger partial charge in [-0.2, -0.15) is 0 Å². The maximum Gasteiger partial charge on any atom is 0.310 e. The van der Waals surface area contributed by atoms with Gasteiger partial charge in [-0.3, -0.25) is 4.79 Å². The second kappa shape index (κ2) is 13.9. The van der Waals surface area contributed by atoms with Crippen molar-refractivity contribution >= 4 is 5.97 Å². The summed E-state index contributed by atoms with van der Waals surface area (Å²) in [6.45, 7) is 12.5. The fraction of sp³-hybridized carbons (Fsp3) is 0.875. The number of aliphatic hydroxyl groups excluding tert-OH is 7. The van der Waals surface area contributed by atoms with Crippen LogP contribution >= 0.6 is 0 Å². The van der Waals surface area contributed by atoms with Gasteiger partial charge in [-0.1, -0.05) is 51.5 Å². The number of carboxylic acids is 1. The molecule has 13 nitrogen and oxygen atoms in total. The summed E-state index contributed by atoms with van der Waals surface area (Å²) in [6.07, 6.45) is -3.74. The maximum absolute atomic E-state index is 12.9. The number of hydrogen-bond donors (Lipinski definition) is 8. The van der Waals surface area contributed by atoms with E-state index in [0.717, 1.165) is 50.5 Å². The Morgan fingerprint density at radius 1 is 0.887 bits per heavy atom. The van der Waals surface area contributed by atoms with Crippen LogP contribution in [-0.2, 0) is 23.7 Å². The van der Waals surface area contributed by atoms with Crippen molar-refractivity contribution in [3.8, 4) is 0 Å². The molecule has 53 heavy (non-hydrogen) atoms. The fourth-order valence-corrected chi connectivity index (χ4v) is 13.0. The van der Waals surface area contributed by atoms with E-state index in [9.17, 15) is 45.6 Å². The van der Waals surface area contributed by atoms with Crippen molar-refractivity contribution in [1.82, 2.24) is 0 Å². The van der Waals surface area contributed by atoms with Crippen LogP contribution in [0.25, 0.3) is 0 Å². The van der Waals surface area contributed by atoms with Crippen LogP contribution < -0.4 is 0 Å². The molecule has 0 amide bonds. The van der Waals surface area contributed by atoms with Crippen molar-refractivity contribution in [2.24, 2.45) is 44.8 Å². The molecule has 300 valence electrons. The summed E-state index contributed by atoms with van der Waals surface area (Å²) < 4.78 is 23.6. The first-order valence-corrected chi connectivity index (χ1v) is 19.7. The monoisotopic (exact) mass is 750 g/mol. The van der Waals surface area contributed by atoms with E-state index in [1.807, 2.05) is 0 Å². The quantitative estimate of drug-likeness (QED) is 0.138. The zero-order valence-electron chi connectivity index (χ0n) is 31.6. The number of allylic oxidation sites excluding steroid dienone is 3. The van der Waals surface area contributed by atoms with Gasteiger partial charge in [0.15, 0.2) is 12.6 Å². The Kier molecular flexibility index (Phi) is 10.4. The van der Waals surface area contributed by atoms with Crippen LogP contribution in [0, 0.1) is 44.8 Å². The van der Waals surface area contributed by atoms with Gasteiger partial charge in [0, 0.05) is 11.3 Å². The second-order valence-corrected chi connectivity index (χ2v) is 18.6. The van der Waals surface area contributed by atoms with Crippen molar-refractivity contribution in [2.45, 2.75) is 153 Å². The smallest absolute Gasteiger partial charge is 0.310 e. The molecule has 0 aromatic rings. The third-order valence-electron chi connectivity index (χ3n) is 16.4. The Morgan fingerprint density at radius 2 is 1.62 bits per heavy atom. The number of carboxylic acid groups (broad SMARTS) is 1. The Balaban J connectivity index is 1.11. The Bertz CT molecular complexity index is 1450. The van der Waals surface area contributed by atoms with E-state index in [1.54, 1.807) is 0 Å². The lowest BCUT2D eigenvalue weighted by molar-refractivity contribution is -0.358. The molecule has 18 atom stereocenters. The summed E-state index contributed by atoms with van der Waals surface area (Å²) in [4.78, 5) is 12.9. The molecule has 0 unspecified atom stereocenters. The lowest BCUT2D eigenvalue weighted by atomic mass is 9.34. The van der Waals surface area contributed by atoms with Gasteiger partial charge < -0.3 is 59.8 Å². The summed E-state index contributed by atoms with van der Waals surface area (Å²) in [6, 6.07) is 0. The first-order valence-electron chi connectivity index (χ1n) is 19.7. The summed E-state index contributed by atoms with van der Waals surface area (Å²) in [5.74, 6) is -0.351. The summed E-state index contributed by atoms with van der Waals surface area (Å²) >= 11 is 0. The molecule has 6 fully saturated rings. The average molecular weight is 751 g/mol. The molecule has 13 heteroatoms. The number of carbonyl (C=O) groups is 1. The first-order chi connectivity index (χ1) is 24.9. The highest BCUT2D eigenvalue weighted by Gasteiger charge is 2.69. The van der Waals surface area contributed by atoms with E-state index in [1.165, 1.54) is 5.57 Å². The van der Waals surface area contributed by atoms with Gasteiger partial charge in [0.25, 0.3) is 0 Å². The maximum atomic E-state index is 12.9. The van der Waals surface area contributed by atoms with Crippen LogP contribution in [0.15, 0.2) is 23.8 Å². The van der Waals surface area contributed by atoms with Crippen molar-refractivity contribution in [3.05, 3.63) is 23.8 Å². The highest BCUT2D eigenvalue weighted by molar-refractivity contribution is 5.77. The van der Waals surface area contributed by atoms with E-state index in [0.29, 0.717) is 25.2 Å². The minimum absolute atomic E-state index is 0.0379. The lowest BCUT2D eigenvalue weighted by Crippen LogP contribution is -2.66. The third kappa shape index (κ3) is 5.77.